The fraction of sp³-hybridized carbons (Fsp3) is 0.933. The number of amides is 1. The standard InChI is InChI=1S/C15H27N3O/c1-2-13-10-17-9-3-4-14(17)11-18(13)15(19)12-5-7-16-8-6-12/h12-14,16H,2-11H2,1H3. The number of hydrogen-bond acceptors (Lipinski definition) is 3. The van der Waals surface area contributed by atoms with E-state index in [2.05, 4.69) is 22.0 Å². The zero-order valence-electron chi connectivity index (χ0n) is 12.1. The van der Waals surface area contributed by atoms with Crippen LogP contribution in [-0.2, 0) is 4.79 Å². The molecule has 0 spiro atoms. The Balaban J connectivity index is 1.68. The average molecular weight is 265 g/mol. The molecular weight excluding hydrogens is 238 g/mol. The van der Waals surface area contributed by atoms with Gasteiger partial charge in [-0.25, -0.2) is 0 Å². The number of hydrogen-bond donors (Lipinski definition) is 1. The molecule has 0 aromatic carbocycles. The van der Waals surface area contributed by atoms with Gasteiger partial charge < -0.3 is 10.2 Å². The molecule has 0 radical (unpaired) electrons. The van der Waals surface area contributed by atoms with Crippen LogP contribution in [0.15, 0.2) is 0 Å². The Morgan fingerprint density at radius 3 is 2.74 bits per heavy atom. The second kappa shape index (κ2) is 5.80. The molecule has 4 heteroatoms. The zero-order valence-corrected chi connectivity index (χ0v) is 12.1. The van der Waals surface area contributed by atoms with E-state index in [-0.39, 0.29) is 5.92 Å². The first-order valence-corrected chi connectivity index (χ1v) is 8.05. The molecular formula is C15H27N3O. The molecule has 3 saturated heterocycles. The summed E-state index contributed by atoms with van der Waals surface area (Å²) >= 11 is 0. The summed E-state index contributed by atoms with van der Waals surface area (Å²) in [6, 6.07) is 1.10. The summed E-state index contributed by atoms with van der Waals surface area (Å²) in [6.45, 7) is 7.59. The van der Waals surface area contributed by atoms with E-state index in [4.69, 9.17) is 0 Å². The summed E-state index contributed by atoms with van der Waals surface area (Å²) in [5.74, 6) is 0.725. The lowest BCUT2D eigenvalue weighted by atomic mass is 9.94. The van der Waals surface area contributed by atoms with Crippen LogP contribution in [0, 0.1) is 5.92 Å². The summed E-state index contributed by atoms with van der Waals surface area (Å²) < 4.78 is 0. The molecule has 0 aromatic heterocycles. The minimum Gasteiger partial charge on any atom is -0.337 e. The fourth-order valence-corrected chi connectivity index (χ4v) is 4.01. The molecule has 3 fully saturated rings. The minimum atomic E-state index is 0.281. The van der Waals surface area contributed by atoms with Gasteiger partial charge in [-0.2, -0.15) is 0 Å². The van der Waals surface area contributed by atoms with Crippen molar-refractivity contribution in [1.29, 1.82) is 0 Å². The van der Waals surface area contributed by atoms with Gasteiger partial charge in [0.2, 0.25) is 5.91 Å². The van der Waals surface area contributed by atoms with Crippen LogP contribution in [0.5, 0.6) is 0 Å². The Morgan fingerprint density at radius 1 is 1.21 bits per heavy atom. The van der Waals surface area contributed by atoms with Gasteiger partial charge in [0.15, 0.2) is 0 Å². The van der Waals surface area contributed by atoms with Crippen molar-refractivity contribution in [3.63, 3.8) is 0 Å². The van der Waals surface area contributed by atoms with Crippen LogP contribution >= 0.6 is 0 Å². The summed E-state index contributed by atoms with van der Waals surface area (Å²) in [6.07, 6.45) is 5.75. The molecule has 4 nitrogen and oxygen atoms in total. The highest BCUT2D eigenvalue weighted by molar-refractivity contribution is 5.79. The quantitative estimate of drug-likeness (QED) is 0.811. The number of fused-ring (bicyclic) bond motifs is 1. The van der Waals surface area contributed by atoms with Crippen molar-refractivity contribution in [2.45, 2.75) is 51.1 Å². The summed E-state index contributed by atoms with van der Waals surface area (Å²) in [5.41, 5.74) is 0. The van der Waals surface area contributed by atoms with Gasteiger partial charge in [0.25, 0.3) is 0 Å². The number of carbonyl (C=O) groups excluding carboxylic acids is 1. The molecule has 2 unspecified atom stereocenters. The Kier molecular flexibility index (Phi) is 4.08. The van der Waals surface area contributed by atoms with Gasteiger partial charge in [0.05, 0.1) is 0 Å². The summed E-state index contributed by atoms with van der Waals surface area (Å²) in [5, 5.41) is 3.36. The van der Waals surface area contributed by atoms with Gasteiger partial charge in [-0.3, -0.25) is 9.69 Å². The van der Waals surface area contributed by atoms with Crippen molar-refractivity contribution in [2.24, 2.45) is 5.92 Å². The van der Waals surface area contributed by atoms with E-state index in [9.17, 15) is 4.79 Å². The molecule has 1 N–H and O–H groups in total. The SMILES string of the molecule is CCC1CN2CCCC2CN1C(=O)C1CCNCC1. The first-order valence-electron chi connectivity index (χ1n) is 8.05. The van der Waals surface area contributed by atoms with Gasteiger partial charge in [-0.1, -0.05) is 6.92 Å². The van der Waals surface area contributed by atoms with Crippen molar-refractivity contribution < 1.29 is 4.79 Å². The lowest BCUT2D eigenvalue weighted by Crippen LogP contribution is -2.59. The highest BCUT2D eigenvalue weighted by atomic mass is 16.2. The van der Waals surface area contributed by atoms with Gasteiger partial charge in [0, 0.05) is 31.1 Å². The van der Waals surface area contributed by atoms with Crippen molar-refractivity contribution in [3.8, 4) is 0 Å². The molecule has 19 heavy (non-hydrogen) atoms. The molecule has 3 aliphatic heterocycles. The van der Waals surface area contributed by atoms with Gasteiger partial charge >= 0.3 is 0 Å². The average Bonchev–Trinajstić information content (AvgIpc) is 2.93. The molecule has 3 heterocycles. The zero-order chi connectivity index (χ0) is 13.2. The van der Waals surface area contributed by atoms with Crippen molar-refractivity contribution >= 4 is 5.91 Å². The fourth-order valence-electron chi connectivity index (χ4n) is 4.01. The van der Waals surface area contributed by atoms with E-state index in [1.165, 1.54) is 19.4 Å². The number of piperidine rings is 1. The highest BCUT2D eigenvalue weighted by Gasteiger charge is 2.39. The Morgan fingerprint density at radius 2 is 2.00 bits per heavy atom. The smallest absolute Gasteiger partial charge is 0.226 e. The maximum Gasteiger partial charge on any atom is 0.226 e. The Labute approximate surface area is 116 Å². The number of rotatable bonds is 2. The van der Waals surface area contributed by atoms with Crippen LogP contribution in [0.3, 0.4) is 0 Å². The number of nitrogens with one attached hydrogen (secondary N) is 1. The van der Waals surface area contributed by atoms with Crippen LogP contribution in [0.2, 0.25) is 0 Å². The predicted octanol–water partition coefficient (Wildman–Crippen LogP) is 1.07. The first kappa shape index (κ1) is 13.4. The van der Waals surface area contributed by atoms with E-state index in [1.807, 2.05) is 0 Å². The van der Waals surface area contributed by atoms with Gasteiger partial charge in [-0.05, 0) is 51.7 Å². The summed E-state index contributed by atoms with van der Waals surface area (Å²) in [4.78, 5) is 17.6. The largest absolute Gasteiger partial charge is 0.337 e. The van der Waals surface area contributed by atoms with E-state index >= 15 is 0 Å². The van der Waals surface area contributed by atoms with E-state index in [0.717, 1.165) is 45.4 Å². The maximum atomic E-state index is 12.8. The number of piperazine rings is 1. The van der Waals surface area contributed by atoms with Crippen LogP contribution in [0.4, 0.5) is 0 Å². The lowest BCUT2D eigenvalue weighted by Gasteiger charge is -2.45. The van der Waals surface area contributed by atoms with Crippen LogP contribution in [0.1, 0.15) is 39.0 Å². The minimum absolute atomic E-state index is 0.281. The molecule has 3 rings (SSSR count). The third kappa shape index (κ3) is 2.65. The Bertz CT molecular complexity index is 327. The molecule has 0 aliphatic carbocycles. The molecule has 3 aliphatic rings. The second-order valence-electron chi connectivity index (χ2n) is 6.37. The Hall–Kier alpha value is -0.610. The highest BCUT2D eigenvalue weighted by Crippen LogP contribution is 2.28. The summed E-state index contributed by atoms with van der Waals surface area (Å²) in [7, 11) is 0. The topological polar surface area (TPSA) is 35.6 Å². The predicted molar refractivity (Wildman–Crippen MR) is 76.0 cm³/mol. The van der Waals surface area contributed by atoms with Crippen molar-refractivity contribution in [1.82, 2.24) is 15.1 Å². The molecule has 108 valence electrons. The van der Waals surface area contributed by atoms with Crippen LogP contribution < -0.4 is 5.32 Å². The van der Waals surface area contributed by atoms with Crippen LogP contribution in [-0.4, -0.2) is 60.5 Å². The van der Waals surface area contributed by atoms with E-state index < -0.39 is 0 Å². The van der Waals surface area contributed by atoms with E-state index in [1.54, 1.807) is 0 Å². The van der Waals surface area contributed by atoms with E-state index in [0.29, 0.717) is 18.0 Å². The van der Waals surface area contributed by atoms with Crippen molar-refractivity contribution in [3.05, 3.63) is 0 Å². The van der Waals surface area contributed by atoms with Gasteiger partial charge in [0.1, 0.15) is 0 Å². The molecule has 2 atom stereocenters. The number of carbonyl (C=O) groups is 1. The monoisotopic (exact) mass is 265 g/mol. The molecule has 1 amide bonds. The molecule has 0 aromatic rings. The first-order chi connectivity index (χ1) is 9.29. The lowest BCUT2D eigenvalue weighted by molar-refractivity contribution is -0.142. The molecule has 0 bridgehead atoms. The third-order valence-corrected chi connectivity index (χ3v) is 5.24. The van der Waals surface area contributed by atoms with Gasteiger partial charge in [-0.15, -0.1) is 0 Å². The second-order valence-corrected chi connectivity index (χ2v) is 6.37. The third-order valence-electron chi connectivity index (χ3n) is 5.24. The van der Waals surface area contributed by atoms with Crippen molar-refractivity contribution in [2.75, 3.05) is 32.7 Å². The van der Waals surface area contributed by atoms with Crippen LogP contribution in [0.25, 0.3) is 0 Å². The number of nitrogens with zero attached hydrogens (tertiary/aromatic N) is 2. The maximum absolute atomic E-state index is 12.8. The normalized spacial score (nSPS) is 33.4. The molecule has 0 saturated carbocycles.